The minimum absolute atomic E-state index is 0.259. The number of nitrogens with one attached hydrogen (secondary N) is 1. The summed E-state index contributed by atoms with van der Waals surface area (Å²) in [7, 11) is 0. The molecule has 1 aliphatic heterocycles. The summed E-state index contributed by atoms with van der Waals surface area (Å²) < 4.78 is 0. The molecule has 4 nitrogen and oxygen atoms in total. The van der Waals surface area contributed by atoms with E-state index in [4.69, 9.17) is 11.6 Å². The second-order valence-corrected chi connectivity index (χ2v) is 8.83. The van der Waals surface area contributed by atoms with Gasteiger partial charge in [0.1, 0.15) is 5.70 Å². The van der Waals surface area contributed by atoms with Gasteiger partial charge < -0.3 is 5.32 Å². The minimum Gasteiger partial charge on any atom is -0.350 e. The highest BCUT2D eigenvalue weighted by Gasteiger charge is 2.40. The van der Waals surface area contributed by atoms with E-state index in [9.17, 15) is 9.59 Å². The van der Waals surface area contributed by atoms with E-state index in [-0.39, 0.29) is 17.5 Å². The van der Waals surface area contributed by atoms with E-state index in [1.54, 1.807) is 24.3 Å². The molecule has 0 atom stereocenters. The van der Waals surface area contributed by atoms with Crippen molar-refractivity contribution in [3.8, 4) is 0 Å². The number of rotatable bonds is 5. The van der Waals surface area contributed by atoms with Gasteiger partial charge in [-0.3, -0.25) is 9.59 Å². The lowest BCUT2D eigenvalue weighted by atomic mass is 10.0. The molecule has 1 heterocycles. The van der Waals surface area contributed by atoms with Crippen LogP contribution in [0.2, 0.25) is 5.02 Å². The summed E-state index contributed by atoms with van der Waals surface area (Å²) in [4.78, 5) is 28.4. The normalized spacial score (nSPS) is 14.0. The largest absolute Gasteiger partial charge is 0.350 e. The van der Waals surface area contributed by atoms with Crippen LogP contribution in [-0.4, -0.2) is 11.8 Å². The predicted octanol–water partition coefficient (Wildman–Crippen LogP) is 6.48. The third-order valence-corrected chi connectivity index (χ3v) is 5.91. The maximum absolute atomic E-state index is 13.6. The summed E-state index contributed by atoms with van der Waals surface area (Å²) in [5.74, 6) is -0.326. The standard InChI is InChI=1S/C27H25ClN2O2/c1-16(2)19-8-12-22(13-9-19)29-25-24(20-6-10-21(28)11-7-20)26(31)30(27(25)32)23-14-5-17(3)15-18(23)4/h5-16,29H,1-4H3. The fourth-order valence-electron chi connectivity index (χ4n) is 3.90. The van der Waals surface area contributed by atoms with E-state index in [0.717, 1.165) is 16.8 Å². The monoisotopic (exact) mass is 444 g/mol. The Kier molecular flexibility index (Phi) is 5.90. The number of hydrogen-bond acceptors (Lipinski definition) is 3. The third-order valence-electron chi connectivity index (χ3n) is 5.66. The van der Waals surface area contributed by atoms with E-state index in [2.05, 4.69) is 19.2 Å². The van der Waals surface area contributed by atoms with E-state index in [1.165, 1.54) is 10.5 Å². The van der Waals surface area contributed by atoms with Gasteiger partial charge in [-0.05, 0) is 66.8 Å². The van der Waals surface area contributed by atoms with Crippen LogP contribution >= 0.6 is 11.6 Å². The first-order valence-corrected chi connectivity index (χ1v) is 11.0. The van der Waals surface area contributed by atoms with Crippen molar-refractivity contribution in [2.45, 2.75) is 33.6 Å². The fourth-order valence-corrected chi connectivity index (χ4v) is 4.03. The molecule has 162 valence electrons. The molecular formula is C27H25ClN2O2. The van der Waals surface area contributed by atoms with E-state index < -0.39 is 0 Å². The molecule has 2 amide bonds. The minimum atomic E-state index is -0.375. The molecule has 4 rings (SSSR count). The average Bonchev–Trinajstić information content (AvgIpc) is 2.99. The van der Waals surface area contributed by atoms with Gasteiger partial charge in [-0.1, -0.05) is 67.4 Å². The number of hydrogen-bond donors (Lipinski definition) is 1. The first kappa shape index (κ1) is 21.8. The van der Waals surface area contributed by atoms with Crippen LogP contribution in [-0.2, 0) is 9.59 Å². The molecular weight excluding hydrogens is 420 g/mol. The Labute approximate surface area is 193 Å². The molecule has 0 unspecified atom stereocenters. The van der Waals surface area contributed by atoms with Gasteiger partial charge in [0.2, 0.25) is 0 Å². The molecule has 0 aliphatic carbocycles. The molecule has 32 heavy (non-hydrogen) atoms. The highest BCUT2D eigenvalue weighted by atomic mass is 35.5. The number of aryl methyl sites for hydroxylation is 2. The molecule has 0 aromatic heterocycles. The van der Waals surface area contributed by atoms with Crippen molar-refractivity contribution in [1.82, 2.24) is 0 Å². The summed E-state index contributed by atoms with van der Waals surface area (Å²) in [6.45, 7) is 8.14. The molecule has 0 saturated carbocycles. The number of carbonyl (C=O) groups excluding carboxylic acids is 2. The van der Waals surface area contributed by atoms with Crippen molar-refractivity contribution in [2.24, 2.45) is 0 Å². The average molecular weight is 445 g/mol. The quantitative estimate of drug-likeness (QED) is 0.458. The maximum Gasteiger partial charge on any atom is 0.282 e. The summed E-state index contributed by atoms with van der Waals surface area (Å²) in [5, 5.41) is 3.78. The Morgan fingerprint density at radius 1 is 0.844 bits per heavy atom. The second kappa shape index (κ2) is 8.64. The summed E-state index contributed by atoms with van der Waals surface area (Å²) in [5.41, 5.74) is 5.71. The fraction of sp³-hybridized carbons (Fsp3) is 0.185. The zero-order valence-corrected chi connectivity index (χ0v) is 19.3. The maximum atomic E-state index is 13.6. The van der Waals surface area contributed by atoms with Crippen molar-refractivity contribution in [2.75, 3.05) is 10.2 Å². The molecule has 0 saturated heterocycles. The number of nitrogens with zero attached hydrogens (tertiary/aromatic N) is 1. The number of anilines is 2. The first-order chi connectivity index (χ1) is 15.3. The van der Waals surface area contributed by atoms with Crippen molar-refractivity contribution >= 4 is 40.4 Å². The lowest BCUT2D eigenvalue weighted by Gasteiger charge is -2.18. The van der Waals surface area contributed by atoms with Gasteiger partial charge >= 0.3 is 0 Å². The van der Waals surface area contributed by atoms with Crippen LogP contribution in [0, 0.1) is 13.8 Å². The zero-order chi connectivity index (χ0) is 23.0. The van der Waals surface area contributed by atoms with Gasteiger partial charge in [0.25, 0.3) is 11.8 Å². The van der Waals surface area contributed by atoms with E-state index >= 15 is 0 Å². The zero-order valence-electron chi connectivity index (χ0n) is 18.6. The number of amides is 2. The van der Waals surface area contributed by atoms with Gasteiger partial charge in [0, 0.05) is 10.7 Å². The molecule has 5 heteroatoms. The molecule has 1 aliphatic rings. The number of imide groups is 1. The summed E-state index contributed by atoms with van der Waals surface area (Å²) in [6, 6.07) is 20.6. The van der Waals surface area contributed by atoms with Crippen molar-refractivity contribution < 1.29 is 9.59 Å². The Morgan fingerprint density at radius 2 is 1.50 bits per heavy atom. The van der Waals surface area contributed by atoms with Crippen molar-refractivity contribution in [3.63, 3.8) is 0 Å². The molecule has 1 N–H and O–H groups in total. The molecule has 3 aromatic carbocycles. The van der Waals surface area contributed by atoms with Crippen LogP contribution in [0.1, 0.15) is 42.0 Å². The van der Waals surface area contributed by atoms with Gasteiger partial charge in [0.05, 0.1) is 11.3 Å². The lowest BCUT2D eigenvalue weighted by molar-refractivity contribution is -0.120. The van der Waals surface area contributed by atoms with Crippen LogP contribution in [0.5, 0.6) is 0 Å². The Hall–Kier alpha value is -3.37. The van der Waals surface area contributed by atoms with Crippen molar-refractivity contribution in [1.29, 1.82) is 0 Å². The van der Waals surface area contributed by atoms with Gasteiger partial charge in [0.15, 0.2) is 0 Å². The second-order valence-electron chi connectivity index (χ2n) is 8.39. The highest BCUT2D eigenvalue weighted by Crippen LogP contribution is 2.35. The van der Waals surface area contributed by atoms with Crippen LogP contribution in [0.25, 0.3) is 5.57 Å². The predicted molar refractivity (Wildman–Crippen MR) is 131 cm³/mol. The number of carbonyl (C=O) groups is 2. The SMILES string of the molecule is Cc1ccc(N2C(=O)C(Nc3ccc(C(C)C)cc3)=C(c3ccc(Cl)cc3)C2=O)c(C)c1. The molecule has 0 fully saturated rings. The lowest BCUT2D eigenvalue weighted by Crippen LogP contribution is -2.33. The van der Waals surface area contributed by atoms with Crippen LogP contribution < -0.4 is 10.2 Å². The van der Waals surface area contributed by atoms with Crippen LogP contribution in [0.15, 0.2) is 72.4 Å². The smallest absolute Gasteiger partial charge is 0.282 e. The number of benzene rings is 3. The molecule has 3 aromatic rings. The first-order valence-electron chi connectivity index (χ1n) is 10.6. The topological polar surface area (TPSA) is 49.4 Å². The molecule has 0 spiro atoms. The van der Waals surface area contributed by atoms with Gasteiger partial charge in [-0.25, -0.2) is 4.90 Å². The van der Waals surface area contributed by atoms with E-state index in [0.29, 0.717) is 27.8 Å². The molecule has 0 radical (unpaired) electrons. The van der Waals surface area contributed by atoms with Crippen LogP contribution in [0.3, 0.4) is 0 Å². The Morgan fingerprint density at radius 3 is 2.09 bits per heavy atom. The third kappa shape index (κ3) is 4.06. The molecule has 0 bridgehead atoms. The van der Waals surface area contributed by atoms with Gasteiger partial charge in [-0.2, -0.15) is 0 Å². The Bertz CT molecular complexity index is 1230. The van der Waals surface area contributed by atoms with Crippen molar-refractivity contribution in [3.05, 3.63) is 99.7 Å². The van der Waals surface area contributed by atoms with E-state index in [1.807, 2.05) is 56.3 Å². The summed E-state index contributed by atoms with van der Waals surface area (Å²) in [6.07, 6.45) is 0. The van der Waals surface area contributed by atoms with Crippen LogP contribution in [0.4, 0.5) is 11.4 Å². The Balaban J connectivity index is 1.80. The van der Waals surface area contributed by atoms with Gasteiger partial charge in [-0.15, -0.1) is 0 Å². The number of halogens is 1. The highest BCUT2D eigenvalue weighted by molar-refractivity contribution is 6.46. The summed E-state index contributed by atoms with van der Waals surface area (Å²) >= 11 is 6.06.